The summed E-state index contributed by atoms with van der Waals surface area (Å²) in [5.41, 5.74) is 2.39. The summed E-state index contributed by atoms with van der Waals surface area (Å²) in [6, 6.07) is 17.0. The molecule has 4 amide bonds. The molecule has 1 aliphatic heterocycles. The molecule has 0 aromatic heterocycles. The summed E-state index contributed by atoms with van der Waals surface area (Å²) >= 11 is 13.1. The zero-order chi connectivity index (χ0) is 24.4. The minimum Gasteiger partial charge on any atom is -0.487 e. The molecule has 34 heavy (non-hydrogen) atoms. The van der Waals surface area contributed by atoms with E-state index in [1.54, 1.807) is 43.3 Å². The van der Waals surface area contributed by atoms with Gasteiger partial charge in [-0.1, -0.05) is 61.7 Å². The van der Waals surface area contributed by atoms with Crippen LogP contribution in [-0.2, 0) is 16.2 Å². The van der Waals surface area contributed by atoms with Crippen LogP contribution in [0.4, 0.5) is 10.5 Å². The Balaban J connectivity index is 1.57. The molecule has 0 radical (unpaired) electrons. The third-order valence-electron chi connectivity index (χ3n) is 5.08. The molecule has 0 bridgehead atoms. The van der Waals surface area contributed by atoms with Gasteiger partial charge in [0.05, 0.1) is 10.7 Å². The fourth-order valence-corrected chi connectivity index (χ4v) is 4.36. The molecule has 0 spiro atoms. The average molecular weight is 605 g/mol. The number of carbonyl (C=O) groups is 3. The number of barbiturate groups is 1. The van der Waals surface area contributed by atoms with Crippen molar-refractivity contribution in [3.05, 3.63) is 96.9 Å². The van der Waals surface area contributed by atoms with E-state index in [0.717, 1.165) is 19.4 Å². The number of rotatable bonds is 5. The molecule has 1 N–H and O–H groups in total. The quantitative estimate of drug-likeness (QED) is 0.270. The molecule has 0 unspecified atom stereocenters. The number of anilines is 1. The molecule has 1 heterocycles. The summed E-state index contributed by atoms with van der Waals surface area (Å²) in [6.45, 7) is 2.10. The van der Waals surface area contributed by atoms with Gasteiger partial charge in [-0.15, -0.1) is 0 Å². The van der Waals surface area contributed by atoms with Crippen LogP contribution in [0.3, 0.4) is 0 Å². The fourth-order valence-electron chi connectivity index (χ4n) is 3.38. The van der Waals surface area contributed by atoms with Crippen LogP contribution in [0.15, 0.2) is 75.2 Å². The zero-order valence-corrected chi connectivity index (χ0v) is 21.7. The van der Waals surface area contributed by atoms with Crippen molar-refractivity contribution < 1.29 is 19.1 Å². The highest BCUT2D eigenvalue weighted by atomic mass is 79.9. The summed E-state index contributed by atoms with van der Waals surface area (Å²) < 4.78 is 7.57. The third-order valence-corrected chi connectivity index (χ3v) is 6.39. The van der Waals surface area contributed by atoms with Gasteiger partial charge in [0.15, 0.2) is 0 Å². The van der Waals surface area contributed by atoms with Gasteiger partial charge in [-0.25, -0.2) is 9.69 Å². The minimum atomic E-state index is -0.799. The van der Waals surface area contributed by atoms with Crippen molar-refractivity contribution in [3.8, 4) is 5.75 Å². The van der Waals surface area contributed by atoms with Crippen LogP contribution in [0.2, 0.25) is 5.02 Å². The Kier molecular flexibility index (Phi) is 7.21. The normalized spacial score (nSPS) is 15.0. The van der Waals surface area contributed by atoms with Crippen LogP contribution in [0, 0.1) is 6.92 Å². The molecular weight excluding hydrogens is 588 g/mol. The first-order valence-corrected chi connectivity index (χ1v) is 12.0. The molecular formula is C25H17Br2ClN2O4. The van der Waals surface area contributed by atoms with E-state index in [-0.39, 0.29) is 5.57 Å². The van der Waals surface area contributed by atoms with Gasteiger partial charge < -0.3 is 4.74 Å². The lowest BCUT2D eigenvalue weighted by atomic mass is 10.1. The number of carbonyl (C=O) groups excluding carboxylic acids is 3. The summed E-state index contributed by atoms with van der Waals surface area (Å²) in [4.78, 5) is 39.0. The van der Waals surface area contributed by atoms with Crippen LogP contribution >= 0.6 is 43.5 Å². The average Bonchev–Trinajstić information content (AvgIpc) is 2.78. The van der Waals surface area contributed by atoms with Gasteiger partial charge in [-0.3, -0.25) is 14.9 Å². The minimum absolute atomic E-state index is 0.179. The second-order valence-corrected chi connectivity index (χ2v) is 9.73. The number of nitrogens with one attached hydrogen (secondary N) is 1. The van der Waals surface area contributed by atoms with E-state index in [2.05, 4.69) is 37.2 Å². The van der Waals surface area contributed by atoms with Gasteiger partial charge in [0.25, 0.3) is 11.8 Å². The number of halogens is 3. The number of nitrogens with zero attached hydrogens (tertiary/aromatic N) is 1. The van der Waals surface area contributed by atoms with Gasteiger partial charge in [0.1, 0.15) is 17.9 Å². The van der Waals surface area contributed by atoms with Crippen molar-refractivity contribution >= 4 is 73.1 Å². The predicted octanol–water partition coefficient (Wildman–Crippen LogP) is 6.42. The number of hydrogen-bond acceptors (Lipinski definition) is 4. The van der Waals surface area contributed by atoms with Crippen LogP contribution < -0.4 is 15.0 Å². The molecule has 3 aromatic rings. The van der Waals surface area contributed by atoms with E-state index >= 15 is 0 Å². The van der Waals surface area contributed by atoms with Crippen molar-refractivity contribution in [1.82, 2.24) is 5.32 Å². The monoisotopic (exact) mass is 602 g/mol. The number of imide groups is 2. The van der Waals surface area contributed by atoms with Gasteiger partial charge >= 0.3 is 6.03 Å². The van der Waals surface area contributed by atoms with Gasteiger partial charge in [0.2, 0.25) is 0 Å². The lowest BCUT2D eigenvalue weighted by Gasteiger charge is -2.27. The number of hydrogen-bond donors (Lipinski definition) is 1. The van der Waals surface area contributed by atoms with Gasteiger partial charge in [-0.2, -0.15) is 0 Å². The van der Waals surface area contributed by atoms with Gasteiger partial charge in [0, 0.05) is 8.95 Å². The Morgan fingerprint density at radius 2 is 1.68 bits per heavy atom. The Morgan fingerprint density at radius 3 is 2.35 bits per heavy atom. The molecule has 1 fully saturated rings. The van der Waals surface area contributed by atoms with E-state index < -0.39 is 17.8 Å². The third kappa shape index (κ3) is 5.24. The fraction of sp³-hybridized carbons (Fsp3) is 0.0800. The number of ether oxygens (including phenoxy) is 1. The van der Waals surface area contributed by atoms with E-state index in [4.69, 9.17) is 16.3 Å². The SMILES string of the molecule is Cc1cc(Br)ccc1N1C(=O)NC(=O)/C(=C/c2ccc(OCc3ccc(Br)cc3)c(Cl)c2)C1=O. The Hall–Kier alpha value is -2.94. The van der Waals surface area contributed by atoms with E-state index in [0.29, 0.717) is 34.2 Å². The van der Waals surface area contributed by atoms with Gasteiger partial charge in [-0.05, 0) is 72.2 Å². The van der Waals surface area contributed by atoms with Crippen molar-refractivity contribution in [2.45, 2.75) is 13.5 Å². The topological polar surface area (TPSA) is 75.7 Å². The number of urea groups is 1. The van der Waals surface area contributed by atoms with Crippen LogP contribution in [0.25, 0.3) is 6.08 Å². The molecule has 0 aliphatic carbocycles. The van der Waals surface area contributed by atoms with Crippen LogP contribution in [0.5, 0.6) is 5.75 Å². The standard InChI is InChI=1S/C25H17Br2ClN2O4/c1-14-10-18(27)7-8-21(14)30-24(32)19(23(31)29-25(30)33)11-16-4-9-22(20(28)12-16)34-13-15-2-5-17(26)6-3-15/h2-12H,13H2,1H3,(H,29,31,33)/b19-11-. The predicted molar refractivity (Wildman–Crippen MR) is 138 cm³/mol. The van der Waals surface area contributed by atoms with Crippen molar-refractivity contribution in [2.75, 3.05) is 4.90 Å². The highest BCUT2D eigenvalue weighted by Gasteiger charge is 2.37. The largest absolute Gasteiger partial charge is 0.487 e. The van der Waals surface area contributed by atoms with E-state index in [1.165, 1.54) is 6.08 Å². The lowest BCUT2D eigenvalue weighted by Crippen LogP contribution is -2.54. The van der Waals surface area contributed by atoms with E-state index in [9.17, 15) is 14.4 Å². The molecule has 1 saturated heterocycles. The molecule has 6 nitrogen and oxygen atoms in total. The number of aryl methyl sites for hydroxylation is 1. The molecule has 172 valence electrons. The van der Waals surface area contributed by atoms with Crippen LogP contribution in [0.1, 0.15) is 16.7 Å². The summed E-state index contributed by atoms with van der Waals surface area (Å²) in [6.07, 6.45) is 1.40. The highest BCUT2D eigenvalue weighted by Crippen LogP contribution is 2.30. The van der Waals surface area contributed by atoms with Crippen molar-refractivity contribution in [1.29, 1.82) is 0 Å². The second-order valence-electron chi connectivity index (χ2n) is 7.49. The summed E-state index contributed by atoms with van der Waals surface area (Å²) in [5, 5.41) is 2.55. The lowest BCUT2D eigenvalue weighted by molar-refractivity contribution is -0.122. The summed E-state index contributed by atoms with van der Waals surface area (Å²) in [5.74, 6) is -1.02. The smallest absolute Gasteiger partial charge is 0.335 e. The molecule has 9 heteroatoms. The van der Waals surface area contributed by atoms with Crippen molar-refractivity contribution in [3.63, 3.8) is 0 Å². The molecule has 0 atom stereocenters. The molecule has 4 rings (SSSR count). The first-order valence-electron chi connectivity index (χ1n) is 10.1. The molecule has 1 aliphatic rings. The van der Waals surface area contributed by atoms with E-state index in [1.807, 2.05) is 24.3 Å². The number of benzene rings is 3. The first-order chi connectivity index (χ1) is 16.2. The second kappa shape index (κ2) is 10.1. The van der Waals surface area contributed by atoms with Crippen molar-refractivity contribution in [2.24, 2.45) is 0 Å². The Morgan fingerprint density at radius 1 is 0.971 bits per heavy atom. The maximum atomic E-state index is 13.1. The summed E-state index contributed by atoms with van der Waals surface area (Å²) in [7, 11) is 0. The number of amides is 4. The first kappa shape index (κ1) is 24.2. The van der Waals surface area contributed by atoms with Crippen LogP contribution in [-0.4, -0.2) is 17.8 Å². The highest BCUT2D eigenvalue weighted by molar-refractivity contribution is 9.10. The molecule has 0 saturated carbocycles. The Labute approximate surface area is 217 Å². The molecule has 3 aromatic carbocycles. The zero-order valence-electron chi connectivity index (χ0n) is 17.8. The maximum absolute atomic E-state index is 13.1. The maximum Gasteiger partial charge on any atom is 0.335 e. The Bertz CT molecular complexity index is 1340.